The third kappa shape index (κ3) is 8.21. The van der Waals surface area contributed by atoms with Crippen LogP contribution in [-0.4, -0.2) is 35.1 Å². The molecular weight excluding hydrogens is 439 g/mol. The summed E-state index contributed by atoms with van der Waals surface area (Å²) in [5.41, 5.74) is 0.904. The van der Waals surface area contributed by atoms with Crippen LogP contribution in [0.4, 0.5) is 0 Å². The zero-order valence-corrected chi connectivity index (χ0v) is 19.7. The molecule has 0 saturated carbocycles. The second-order valence-corrected chi connectivity index (χ2v) is 9.07. The SMILES string of the molecule is CCCNC(=O)C(C)N(Cc1cccc(Cl)c1)C(=O)CCCSc1ccc(Cl)cc1. The number of benzene rings is 2. The van der Waals surface area contributed by atoms with Crippen LogP contribution in [0, 0.1) is 0 Å². The first kappa shape index (κ1) is 24.6. The molecule has 2 rings (SSSR count). The van der Waals surface area contributed by atoms with Crippen LogP contribution in [0.2, 0.25) is 10.0 Å². The number of rotatable bonds is 11. The second kappa shape index (κ2) is 12.9. The van der Waals surface area contributed by atoms with E-state index in [0.29, 0.717) is 29.6 Å². The summed E-state index contributed by atoms with van der Waals surface area (Å²) in [6.45, 7) is 4.72. The highest BCUT2D eigenvalue weighted by Gasteiger charge is 2.25. The number of hydrogen-bond donors (Lipinski definition) is 1. The highest BCUT2D eigenvalue weighted by molar-refractivity contribution is 7.99. The first-order chi connectivity index (χ1) is 14.4. The summed E-state index contributed by atoms with van der Waals surface area (Å²) in [6.07, 6.45) is 1.96. The fourth-order valence-corrected chi connectivity index (χ4v) is 4.09. The summed E-state index contributed by atoms with van der Waals surface area (Å²) in [7, 11) is 0. The molecule has 0 aliphatic carbocycles. The maximum Gasteiger partial charge on any atom is 0.242 e. The van der Waals surface area contributed by atoms with E-state index in [1.807, 2.05) is 49.4 Å². The molecule has 0 aromatic heterocycles. The number of nitrogens with zero attached hydrogens (tertiary/aromatic N) is 1. The topological polar surface area (TPSA) is 49.4 Å². The van der Waals surface area contributed by atoms with Crippen molar-refractivity contribution in [2.75, 3.05) is 12.3 Å². The van der Waals surface area contributed by atoms with Gasteiger partial charge in [-0.05, 0) is 67.5 Å². The first-order valence-electron chi connectivity index (χ1n) is 10.1. The molecule has 30 heavy (non-hydrogen) atoms. The summed E-state index contributed by atoms with van der Waals surface area (Å²) >= 11 is 13.7. The van der Waals surface area contributed by atoms with Gasteiger partial charge in [0.05, 0.1) is 0 Å². The van der Waals surface area contributed by atoms with Gasteiger partial charge in [0.1, 0.15) is 6.04 Å². The van der Waals surface area contributed by atoms with E-state index in [9.17, 15) is 9.59 Å². The maximum absolute atomic E-state index is 13.0. The van der Waals surface area contributed by atoms with Gasteiger partial charge in [0.2, 0.25) is 11.8 Å². The van der Waals surface area contributed by atoms with Crippen molar-refractivity contribution in [1.29, 1.82) is 0 Å². The molecule has 1 N–H and O–H groups in total. The zero-order chi connectivity index (χ0) is 21.9. The van der Waals surface area contributed by atoms with Crippen molar-refractivity contribution in [3.8, 4) is 0 Å². The summed E-state index contributed by atoms with van der Waals surface area (Å²) in [5, 5.41) is 4.21. The molecule has 1 atom stereocenters. The molecule has 0 aliphatic heterocycles. The van der Waals surface area contributed by atoms with Crippen LogP contribution in [0.3, 0.4) is 0 Å². The Kier molecular flexibility index (Phi) is 10.6. The predicted octanol–water partition coefficient (Wildman–Crippen LogP) is 5.81. The summed E-state index contributed by atoms with van der Waals surface area (Å²) < 4.78 is 0. The molecule has 0 bridgehead atoms. The number of hydrogen-bond acceptors (Lipinski definition) is 3. The lowest BCUT2D eigenvalue weighted by Gasteiger charge is -2.29. The molecule has 4 nitrogen and oxygen atoms in total. The molecule has 2 aromatic carbocycles. The highest BCUT2D eigenvalue weighted by atomic mass is 35.5. The minimum absolute atomic E-state index is 0.0363. The third-order valence-corrected chi connectivity index (χ3v) is 6.16. The molecule has 0 spiro atoms. The molecular formula is C23H28Cl2N2O2S. The second-order valence-electron chi connectivity index (χ2n) is 7.02. The van der Waals surface area contributed by atoms with Gasteiger partial charge in [0.15, 0.2) is 0 Å². The van der Waals surface area contributed by atoms with E-state index in [-0.39, 0.29) is 11.8 Å². The van der Waals surface area contributed by atoms with E-state index < -0.39 is 6.04 Å². The van der Waals surface area contributed by atoms with Crippen molar-refractivity contribution >= 4 is 46.8 Å². The van der Waals surface area contributed by atoms with Crippen LogP contribution >= 0.6 is 35.0 Å². The Morgan fingerprint density at radius 2 is 1.83 bits per heavy atom. The molecule has 0 saturated heterocycles. The van der Waals surface area contributed by atoms with Crippen LogP contribution in [-0.2, 0) is 16.1 Å². The van der Waals surface area contributed by atoms with Gasteiger partial charge in [-0.25, -0.2) is 0 Å². The Bertz CT molecular complexity index is 830. The van der Waals surface area contributed by atoms with Crippen LogP contribution in [0.25, 0.3) is 0 Å². The number of carbonyl (C=O) groups excluding carboxylic acids is 2. The number of carbonyl (C=O) groups is 2. The quantitative estimate of drug-likeness (QED) is 0.335. The third-order valence-electron chi connectivity index (χ3n) is 4.58. The van der Waals surface area contributed by atoms with Crippen LogP contribution in [0.5, 0.6) is 0 Å². The highest BCUT2D eigenvalue weighted by Crippen LogP contribution is 2.22. The smallest absolute Gasteiger partial charge is 0.242 e. The van der Waals surface area contributed by atoms with Gasteiger partial charge in [-0.2, -0.15) is 0 Å². The van der Waals surface area contributed by atoms with E-state index in [1.165, 1.54) is 0 Å². The van der Waals surface area contributed by atoms with Gasteiger partial charge in [-0.1, -0.05) is 42.3 Å². The molecule has 2 aromatic rings. The van der Waals surface area contributed by atoms with E-state index >= 15 is 0 Å². The van der Waals surface area contributed by atoms with Gasteiger partial charge in [0, 0.05) is 34.5 Å². The Balaban J connectivity index is 1.97. The normalized spacial score (nSPS) is 11.7. The Morgan fingerprint density at radius 3 is 2.50 bits per heavy atom. The first-order valence-corrected chi connectivity index (χ1v) is 11.8. The molecule has 162 valence electrons. The van der Waals surface area contributed by atoms with Crippen molar-refractivity contribution < 1.29 is 9.59 Å². The van der Waals surface area contributed by atoms with Crippen molar-refractivity contribution in [2.45, 2.75) is 50.6 Å². The number of halogens is 2. The van der Waals surface area contributed by atoms with Crippen molar-refractivity contribution in [1.82, 2.24) is 10.2 Å². The summed E-state index contributed by atoms with van der Waals surface area (Å²) in [5.74, 6) is 0.642. The largest absolute Gasteiger partial charge is 0.354 e. The predicted molar refractivity (Wildman–Crippen MR) is 126 cm³/mol. The van der Waals surface area contributed by atoms with Gasteiger partial charge >= 0.3 is 0 Å². The number of nitrogens with one attached hydrogen (secondary N) is 1. The lowest BCUT2D eigenvalue weighted by atomic mass is 10.1. The maximum atomic E-state index is 13.0. The van der Waals surface area contributed by atoms with Crippen molar-refractivity contribution in [3.05, 3.63) is 64.1 Å². The van der Waals surface area contributed by atoms with Gasteiger partial charge in [-0.15, -0.1) is 11.8 Å². The van der Waals surface area contributed by atoms with Gasteiger partial charge in [0.25, 0.3) is 0 Å². The average molecular weight is 467 g/mol. The Labute approximate surface area is 193 Å². The molecule has 0 heterocycles. The molecule has 0 radical (unpaired) electrons. The van der Waals surface area contributed by atoms with E-state index in [2.05, 4.69) is 5.32 Å². The zero-order valence-electron chi connectivity index (χ0n) is 17.4. The minimum atomic E-state index is -0.549. The van der Waals surface area contributed by atoms with Crippen molar-refractivity contribution in [2.24, 2.45) is 0 Å². The Morgan fingerprint density at radius 1 is 1.10 bits per heavy atom. The van der Waals surface area contributed by atoms with Crippen LogP contribution < -0.4 is 5.32 Å². The molecule has 1 unspecified atom stereocenters. The molecule has 0 aliphatic rings. The van der Waals surface area contributed by atoms with Gasteiger partial charge < -0.3 is 10.2 Å². The fraction of sp³-hybridized carbons (Fsp3) is 0.391. The average Bonchev–Trinajstić information content (AvgIpc) is 2.74. The van der Waals surface area contributed by atoms with Gasteiger partial charge in [-0.3, -0.25) is 9.59 Å². The Hall–Kier alpha value is -1.69. The lowest BCUT2D eigenvalue weighted by Crippen LogP contribution is -2.47. The summed E-state index contributed by atoms with van der Waals surface area (Å²) in [6, 6.07) is 14.5. The van der Waals surface area contributed by atoms with Crippen LogP contribution in [0.1, 0.15) is 38.7 Å². The molecule has 7 heteroatoms. The number of amides is 2. The monoisotopic (exact) mass is 466 g/mol. The van der Waals surface area contributed by atoms with Crippen molar-refractivity contribution in [3.63, 3.8) is 0 Å². The lowest BCUT2D eigenvalue weighted by molar-refractivity contribution is -0.140. The molecule has 2 amide bonds. The minimum Gasteiger partial charge on any atom is -0.354 e. The van der Waals surface area contributed by atoms with Crippen LogP contribution in [0.15, 0.2) is 53.4 Å². The molecule has 0 fully saturated rings. The van der Waals surface area contributed by atoms with E-state index in [0.717, 1.165) is 29.1 Å². The fourth-order valence-electron chi connectivity index (χ4n) is 2.90. The number of thioether (sulfide) groups is 1. The summed E-state index contributed by atoms with van der Waals surface area (Å²) in [4.78, 5) is 28.3. The van der Waals surface area contributed by atoms with E-state index in [1.54, 1.807) is 29.7 Å². The standard InChI is InChI=1S/C23H28Cl2N2O2S/c1-3-13-26-23(29)17(2)27(16-18-6-4-7-20(25)15-18)22(28)8-5-14-30-21-11-9-19(24)10-12-21/h4,6-7,9-12,15,17H,3,5,8,13-14,16H2,1-2H3,(H,26,29). The van der Waals surface area contributed by atoms with E-state index in [4.69, 9.17) is 23.2 Å².